The lowest BCUT2D eigenvalue weighted by Gasteiger charge is -2.06. The zero-order valence-electron chi connectivity index (χ0n) is 15.4. The molecule has 144 valence electrons. The molecule has 0 bridgehead atoms. The molecule has 3 aromatic carbocycles. The van der Waals surface area contributed by atoms with Crippen LogP contribution in [0.2, 0.25) is 0 Å². The van der Waals surface area contributed by atoms with Crippen LogP contribution in [0.5, 0.6) is 0 Å². The summed E-state index contributed by atoms with van der Waals surface area (Å²) in [6, 6.07) is 20.9. The van der Waals surface area contributed by atoms with E-state index in [-0.39, 0.29) is 11.6 Å². The van der Waals surface area contributed by atoms with Gasteiger partial charge in [-0.25, -0.2) is 14.1 Å². The number of aromatic nitrogens is 3. The van der Waals surface area contributed by atoms with Gasteiger partial charge >= 0.3 is 0 Å². The number of carbonyl (C=O) groups is 1. The summed E-state index contributed by atoms with van der Waals surface area (Å²) < 4.78 is 15.7. The van der Waals surface area contributed by atoms with Crippen LogP contribution < -0.4 is 5.32 Å². The summed E-state index contributed by atoms with van der Waals surface area (Å²) in [5, 5.41) is 7.13. The van der Waals surface area contributed by atoms with Gasteiger partial charge in [0.15, 0.2) is 5.82 Å². The van der Waals surface area contributed by atoms with Gasteiger partial charge in [-0.1, -0.05) is 39.7 Å². The van der Waals surface area contributed by atoms with Crippen molar-refractivity contribution in [2.75, 3.05) is 5.32 Å². The molecule has 0 saturated heterocycles. The molecule has 0 fully saturated rings. The van der Waals surface area contributed by atoms with Crippen LogP contribution in [-0.2, 0) is 0 Å². The number of halogens is 2. The van der Waals surface area contributed by atoms with Gasteiger partial charge in [-0.2, -0.15) is 0 Å². The summed E-state index contributed by atoms with van der Waals surface area (Å²) in [7, 11) is 0. The second-order valence-corrected chi connectivity index (χ2v) is 7.39. The van der Waals surface area contributed by atoms with Crippen LogP contribution in [0.4, 0.5) is 10.1 Å². The van der Waals surface area contributed by atoms with E-state index in [1.165, 1.54) is 24.3 Å². The molecular weight excluding hydrogens is 435 g/mol. The molecule has 7 heteroatoms. The van der Waals surface area contributed by atoms with Gasteiger partial charge in [-0.3, -0.25) is 4.79 Å². The summed E-state index contributed by atoms with van der Waals surface area (Å²) in [5.74, 6) is -0.266. The molecule has 0 aliphatic heterocycles. The molecule has 1 amide bonds. The minimum atomic E-state index is -0.471. The highest BCUT2D eigenvalue weighted by Gasteiger charge is 2.19. The van der Waals surface area contributed by atoms with Crippen molar-refractivity contribution in [1.82, 2.24) is 14.8 Å². The summed E-state index contributed by atoms with van der Waals surface area (Å²) in [6.45, 7) is 1.99. The fourth-order valence-electron chi connectivity index (χ4n) is 2.86. The second-order valence-electron chi connectivity index (χ2n) is 6.48. The number of amides is 1. The summed E-state index contributed by atoms with van der Waals surface area (Å²) in [5.41, 5.74) is 3.16. The van der Waals surface area contributed by atoms with E-state index in [0.29, 0.717) is 11.5 Å². The highest BCUT2D eigenvalue weighted by Crippen LogP contribution is 2.23. The first-order valence-corrected chi connectivity index (χ1v) is 9.66. The van der Waals surface area contributed by atoms with Gasteiger partial charge < -0.3 is 5.32 Å². The highest BCUT2D eigenvalue weighted by atomic mass is 79.9. The Morgan fingerprint density at radius 2 is 1.76 bits per heavy atom. The number of carbonyl (C=O) groups excluding carboxylic acids is 1. The molecule has 0 radical (unpaired) electrons. The predicted octanol–water partition coefficient (Wildman–Crippen LogP) is 5.40. The molecule has 29 heavy (non-hydrogen) atoms. The summed E-state index contributed by atoms with van der Waals surface area (Å²) in [4.78, 5) is 17.2. The monoisotopic (exact) mass is 450 g/mol. The van der Waals surface area contributed by atoms with Crippen LogP contribution >= 0.6 is 15.9 Å². The molecule has 0 aliphatic rings. The van der Waals surface area contributed by atoms with E-state index in [2.05, 4.69) is 31.3 Å². The van der Waals surface area contributed by atoms with Crippen LogP contribution in [-0.4, -0.2) is 20.7 Å². The van der Waals surface area contributed by atoms with Crippen LogP contribution in [0.25, 0.3) is 17.1 Å². The minimum absolute atomic E-state index is 0.0220. The number of rotatable bonds is 4. The number of anilines is 1. The van der Waals surface area contributed by atoms with Crippen LogP contribution in [0, 0.1) is 12.7 Å². The van der Waals surface area contributed by atoms with Gasteiger partial charge in [-0.15, -0.1) is 5.10 Å². The normalized spacial score (nSPS) is 10.7. The van der Waals surface area contributed by atoms with Gasteiger partial charge in [0.2, 0.25) is 5.82 Å². The van der Waals surface area contributed by atoms with Gasteiger partial charge in [-0.05, 0) is 61.5 Å². The third kappa shape index (κ3) is 4.25. The second kappa shape index (κ2) is 7.97. The summed E-state index contributed by atoms with van der Waals surface area (Å²) in [6.07, 6.45) is 0. The first kappa shape index (κ1) is 19.0. The predicted molar refractivity (Wildman–Crippen MR) is 114 cm³/mol. The molecule has 0 aliphatic carbocycles. The first-order valence-electron chi connectivity index (χ1n) is 8.86. The lowest BCUT2D eigenvalue weighted by Crippen LogP contribution is -2.14. The van der Waals surface area contributed by atoms with E-state index in [1.54, 1.807) is 4.68 Å². The van der Waals surface area contributed by atoms with Gasteiger partial charge in [0, 0.05) is 15.7 Å². The lowest BCUT2D eigenvalue weighted by atomic mass is 10.1. The molecule has 1 N–H and O–H groups in total. The van der Waals surface area contributed by atoms with Crippen molar-refractivity contribution in [3.63, 3.8) is 0 Å². The molecule has 4 aromatic rings. The Morgan fingerprint density at radius 3 is 2.45 bits per heavy atom. The van der Waals surface area contributed by atoms with Crippen LogP contribution in [0.15, 0.2) is 77.3 Å². The highest BCUT2D eigenvalue weighted by molar-refractivity contribution is 9.10. The van der Waals surface area contributed by atoms with Gasteiger partial charge in [0.25, 0.3) is 5.91 Å². The lowest BCUT2D eigenvalue weighted by molar-refractivity contribution is 0.101. The van der Waals surface area contributed by atoms with Crippen molar-refractivity contribution in [3.05, 3.63) is 94.5 Å². The molecular formula is C22H16BrFN4O. The number of nitrogens with zero attached hydrogens (tertiary/aromatic N) is 3. The molecule has 0 unspecified atom stereocenters. The van der Waals surface area contributed by atoms with Crippen molar-refractivity contribution < 1.29 is 9.18 Å². The van der Waals surface area contributed by atoms with E-state index >= 15 is 0 Å². The van der Waals surface area contributed by atoms with E-state index in [4.69, 9.17) is 0 Å². The number of benzene rings is 3. The SMILES string of the molecule is Cc1cccc(-c2nc(C(=O)Nc3ccc(F)cc3)nn2-c2ccc(Br)cc2)c1. The van der Waals surface area contributed by atoms with Crippen molar-refractivity contribution in [3.8, 4) is 17.1 Å². The molecule has 0 spiro atoms. The fraction of sp³-hybridized carbons (Fsp3) is 0.0455. The van der Waals surface area contributed by atoms with E-state index in [9.17, 15) is 9.18 Å². The van der Waals surface area contributed by atoms with E-state index < -0.39 is 5.91 Å². The number of hydrogen-bond acceptors (Lipinski definition) is 3. The Kier molecular flexibility index (Phi) is 5.22. The quantitative estimate of drug-likeness (QED) is 0.452. The summed E-state index contributed by atoms with van der Waals surface area (Å²) >= 11 is 3.43. The average molecular weight is 451 g/mol. The first-order chi connectivity index (χ1) is 14.0. The Hall–Kier alpha value is -3.32. The number of hydrogen-bond donors (Lipinski definition) is 1. The molecule has 5 nitrogen and oxygen atoms in total. The molecule has 1 aromatic heterocycles. The van der Waals surface area contributed by atoms with E-state index in [1.807, 2.05) is 55.5 Å². The maximum absolute atomic E-state index is 13.1. The topological polar surface area (TPSA) is 59.8 Å². The van der Waals surface area contributed by atoms with E-state index in [0.717, 1.165) is 21.3 Å². The maximum Gasteiger partial charge on any atom is 0.295 e. The molecule has 0 atom stereocenters. The van der Waals surface area contributed by atoms with Crippen molar-refractivity contribution >= 4 is 27.5 Å². The fourth-order valence-corrected chi connectivity index (χ4v) is 3.13. The maximum atomic E-state index is 13.1. The zero-order valence-corrected chi connectivity index (χ0v) is 17.0. The Morgan fingerprint density at radius 1 is 1.03 bits per heavy atom. The standard InChI is InChI=1S/C22H16BrFN4O/c1-14-3-2-4-15(13-14)21-26-20(22(29)25-18-9-7-17(24)8-10-18)27-28(21)19-11-5-16(23)6-12-19/h2-13H,1H3,(H,25,29). The average Bonchev–Trinajstić information content (AvgIpc) is 3.16. The molecule has 4 rings (SSSR count). The molecule has 0 saturated carbocycles. The Bertz CT molecular complexity index is 1170. The van der Waals surface area contributed by atoms with Crippen molar-refractivity contribution in [2.24, 2.45) is 0 Å². The number of aryl methyl sites for hydroxylation is 1. The third-order valence-electron chi connectivity index (χ3n) is 4.26. The smallest absolute Gasteiger partial charge is 0.295 e. The van der Waals surface area contributed by atoms with Crippen molar-refractivity contribution in [2.45, 2.75) is 6.92 Å². The zero-order chi connectivity index (χ0) is 20.4. The largest absolute Gasteiger partial charge is 0.319 e. The Labute approximate surface area is 175 Å². The van der Waals surface area contributed by atoms with Crippen molar-refractivity contribution in [1.29, 1.82) is 0 Å². The van der Waals surface area contributed by atoms with Crippen LogP contribution in [0.1, 0.15) is 16.2 Å². The Balaban J connectivity index is 1.75. The number of nitrogens with one attached hydrogen (secondary N) is 1. The third-order valence-corrected chi connectivity index (χ3v) is 4.79. The van der Waals surface area contributed by atoms with Gasteiger partial charge in [0.1, 0.15) is 5.82 Å². The minimum Gasteiger partial charge on any atom is -0.319 e. The van der Waals surface area contributed by atoms with Crippen LogP contribution in [0.3, 0.4) is 0 Å². The molecule has 1 heterocycles. The van der Waals surface area contributed by atoms with Gasteiger partial charge in [0.05, 0.1) is 5.69 Å².